The van der Waals surface area contributed by atoms with Gasteiger partial charge in [-0.2, -0.15) is 0 Å². The largest absolute Gasteiger partial charge is 0.383 e. The van der Waals surface area contributed by atoms with Crippen LogP contribution in [-0.2, 0) is 14.8 Å². The lowest BCUT2D eigenvalue weighted by Gasteiger charge is -2.12. The first kappa shape index (κ1) is 15.2. The molecule has 10 heteroatoms. The Kier molecular flexibility index (Phi) is 4.09. The molecule has 1 heterocycles. The van der Waals surface area contributed by atoms with Crippen molar-refractivity contribution < 1.29 is 18.1 Å². The van der Waals surface area contributed by atoms with Crippen LogP contribution in [0.1, 0.15) is 6.42 Å². The van der Waals surface area contributed by atoms with Crippen LogP contribution in [0.4, 0.5) is 11.4 Å². The molecule has 0 spiro atoms. The molecular formula is C11H14N4O5S. The van der Waals surface area contributed by atoms with Crippen molar-refractivity contribution in [3.63, 3.8) is 0 Å². The number of carbonyl (C=O) groups is 1. The van der Waals surface area contributed by atoms with Crippen LogP contribution >= 0.6 is 0 Å². The molecule has 0 aliphatic carbocycles. The molecule has 1 saturated heterocycles. The molecule has 0 bridgehead atoms. The predicted molar refractivity (Wildman–Crippen MR) is 74.4 cm³/mol. The van der Waals surface area contributed by atoms with Gasteiger partial charge in [0.15, 0.2) is 0 Å². The van der Waals surface area contributed by atoms with Crippen LogP contribution in [0.3, 0.4) is 0 Å². The highest BCUT2D eigenvalue weighted by atomic mass is 32.2. The van der Waals surface area contributed by atoms with Gasteiger partial charge in [0, 0.05) is 32.1 Å². The van der Waals surface area contributed by atoms with Gasteiger partial charge in [0.25, 0.3) is 5.69 Å². The third-order valence-corrected chi connectivity index (χ3v) is 4.56. The van der Waals surface area contributed by atoms with E-state index in [9.17, 15) is 23.3 Å². The molecule has 1 atom stereocenters. The lowest BCUT2D eigenvalue weighted by molar-refractivity contribution is -0.384. The molecule has 21 heavy (non-hydrogen) atoms. The monoisotopic (exact) mass is 314 g/mol. The van der Waals surface area contributed by atoms with Gasteiger partial charge < -0.3 is 10.6 Å². The summed E-state index contributed by atoms with van der Waals surface area (Å²) in [6, 6.07) is 2.95. The highest BCUT2D eigenvalue weighted by Crippen LogP contribution is 2.27. The molecule has 2 rings (SSSR count). The summed E-state index contributed by atoms with van der Waals surface area (Å²) in [7, 11) is -2.38. The Labute approximate surface area is 120 Å². The molecule has 1 aliphatic rings. The molecule has 1 unspecified atom stereocenters. The zero-order valence-electron chi connectivity index (χ0n) is 11.1. The Balaban J connectivity index is 2.28. The van der Waals surface area contributed by atoms with Gasteiger partial charge in [-0.05, 0) is 12.1 Å². The van der Waals surface area contributed by atoms with E-state index in [-0.39, 0.29) is 35.1 Å². The van der Waals surface area contributed by atoms with Crippen molar-refractivity contribution in [2.75, 3.05) is 18.9 Å². The summed E-state index contributed by atoms with van der Waals surface area (Å²) in [4.78, 5) is 21.2. The molecule has 1 amide bonds. The number of amides is 1. The van der Waals surface area contributed by atoms with Crippen molar-refractivity contribution in [1.29, 1.82) is 0 Å². The highest BCUT2D eigenvalue weighted by Gasteiger charge is 2.27. The summed E-state index contributed by atoms with van der Waals surface area (Å²) in [5.41, 5.74) is -0.113. The second-order valence-electron chi connectivity index (χ2n) is 4.51. The van der Waals surface area contributed by atoms with Gasteiger partial charge in [0.05, 0.1) is 9.82 Å². The van der Waals surface area contributed by atoms with Crippen LogP contribution in [0.2, 0.25) is 0 Å². The predicted octanol–water partition coefficient (Wildman–Crippen LogP) is -0.197. The van der Waals surface area contributed by atoms with E-state index in [4.69, 9.17) is 0 Å². The van der Waals surface area contributed by atoms with Gasteiger partial charge in [-0.1, -0.05) is 0 Å². The van der Waals surface area contributed by atoms with Gasteiger partial charge in [0.1, 0.15) is 5.69 Å². The van der Waals surface area contributed by atoms with E-state index < -0.39 is 21.0 Å². The Morgan fingerprint density at radius 3 is 2.67 bits per heavy atom. The van der Waals surface area contributed by atoms with Crippen LogP contribution in [0.25, 0.3) is 0 Å². The van der Waals surface area contributed by atoms with E-state index in [1.807, 2.05) is 0 Å². The zero-order valence-corrected chi connectivity index (χ0v) is 11.9. The minimum atomic E-state index is -3.85. The standard InChI is InChI=1S/C11H14N4O5S/c1-12-9-5-8(2-3-10(9)15(17)18)21(19,20)14-7-4-11(16)13-6-7/h2-3,5,7,12,14H,4,6H2,1H3,(H,13,16). The third kappa shape index (κ3) is 3.28. The Morgan fingerprint density at radius 2 is 2.14 bits per heavy atom. The molecule has 114 valence electrons. The number of benzene rings is 1. The number of hydrogen-bond acceptors (Lipinski definition) is 6. The van der Waals surface area contributed by atoms with Gasteiger partial charge in [-0.15, -0.1) is 0 Å². The number of hydrogen-bond donors (Lipinski definition) is 3. The number of rotatable bonds is 5. The summed E-state index contributed by atoms with van der Waals surface area (Å²) in [5.74, 6) is -0.220. The maximum Gasteiger partial charge on any atom is 0.292 e. The van der Waals surface area contributed by atoms with E-state index in [2.05, 4.69) is 15.4 Å². The Bertz CT molecular complexity index is 688. The Morgan fingerprint density at radius 1 is 1.43 bits per heavy atom. The molecule has 9 nitrogen and oxygen atoms in total. The number of nitro groups is 1. The molecule has 1 aliphatic heterocycles. The van der Waals surface area contributed by atoms with Crippen LogP contribution in [0.15, 0.2) is 23.1 Å². The molecule has 1 fully saturated rings. The van der Waals surface area contributed by atoms with Gasteiger partial charge >= 0.3 is 0 Å². The highest BCUT2D eigenvalue weighted by molar-refractivity contribution is 7.89. The average Bonchev–Trinajstić information content (AvgIpc) is 2.82. The first-order chi connectivity index (χ1) is 9.83. The summed E-state index contributed by atoms with van der Waals surface area (Å²) >= 11 is 0. The van der Waals surface area contributed by atoms with Crippen LogP contribution < -0.4 is 15.4 Å². The minimum Gasteiger partial charge on any atom is -0.383 e. The van der Waals surface area contributed by atoms with Gasteiger partial charge in [-0.3, -0.25) is 14.9 Å². The number of nitrogens with zero attached hydrogens (tertiary/aromatic N) is 1. The number of sulfonamides is 1. The summed E-state index contributed by atoms with van der Waals surface area (Å²) in [6.45, 7) is 0.226. The van der Waals surface area contributed by atoms with Crippen molar-refractivity contribution in [3.05, 3.63) is 28.3 Å². The lowest BCUT2D eigenvalue weighted by atomic mass is 10.3. The van der Waals surface area contributed by atoms with Crippen LogP contribution in [-0.4, -0.2) is 38.9 Å². The van der Waals surface area contributed by atoms with Gasteiger partial charge in [-0.25, -0.2) is 13.1 Å². The van der Waals surface area contributed by atoms with E-state index in [0.717, 1.165) is 12.1 Å². The average molecular weight is 314 g/mol. The number of nitrogens with one attached hydrogen (secondary N) is 3. The molecule has 0 radical (unpaired) electrons. The van der Waals surface area contributed by atoms with Crippen molar-refractivity contribution in [3.8, 4) is 0 Å². The van der Waals surface area contributed by atoms with Crippen molar-refractivity contribution in [1.82, 2.24) is 10.0 Å². The van der Waals surface area contributed by atoms with E-state index in [1.54, 1.807) is 0 Å². The summed E-state index contributed by atoms with van der Waals surface area (Å²) in [6.07, 6.45) is 0.0745. The van der Waals surface area contributed by atoms with Crippen molar-refractivity contribution in [2.45, 2.75) is 17.4 Å². The second-order valence-corrected chi connectivity index (χ2v) is 6.23. The fourth-order valence-electron chi connectivity index (χ4n) is 2.02. The SMILES string of the molecule is CNc1cc(S(=O)(=O)NC2CNC(=O)C2)ccc1[N+](=O)[O-]. The quantitative estimate of drug-likeness (QED) is 0.510. The fourth-order valence-corrected chi connectivity index (χ4v) is 3.28. The second kappa shape index (κ2) is 5.66. The molecular weight excluding hydrogens is 300 g/mol. The van der Waals surface area contributed by atoms with Crippen molar-refractivity contribution in [2.24, 2.45) is 0 Å². The van der Waals surface area contributed by atoms with E-state index in [0.29, 0.717) is 0 Å². The topological polar surface area (TPSA) is 130 Å². The summed E-state index contributed by atoms with van der Waals surface area (Å²) < 4.78 is 26.8. The molecule has 3 N–H and O–H groups in total. The van der Waals surface area contributed by atoms with Gasteiger partial charge in [0.2, 0.25) is 15.9 Å². The zero-order chi connectivity index (χ0) is 15.6. The third-order valence-electron chi connectivity index (χ3n) is 3.04. The van der Waals surface area contributed by atoms with Crippen molar-refractivity contribution >= 4 is 27.3 Å². The first-order valence-corrected chi connectivity index (χ1v) is 7.57. The smallest absolute Gasteiger partial charge is 0.292 e. The number of nitro benzene ring substituents is 1. The van der Waals surface area contributed by atoms with Crippen LogP contribution in [0.5, 0.6) is 0 Å². The van der Waals surface area contributed by atoms with Crippen LogP contribution in [0, 0.1) is 10.1 Å². The lowest BCUT2D eigenvalue weighted by Crippen LogP contribution is -2.36. The number of carbonyl (C=O) groups excluding carboxylic acids is 1. The minimum absolute atomic E-state index is 0.0745. The first-order valence-electron chi connectivity index (χ1n) is 6.08. The molecule has 1 aromatic carbocycles. The molecule has 0 aromatic heterocycles. The normalized spacial score (nSPS) is 18.3. The maximum atomic E-state index is 12.2. The molecule has 1 aromatic rings. The fraction of sp³-hybridized carbons (Fsp3) is 0.364. The number of anilines is 1. The maximum absolute atomic E-state index is 12.2. The molecule has 0 saturated carbocycles. The summed E-state index contributed by atoms with van der Waals surface area (Å²) in [5, 5.41) is 15.9. The van der Waals surface area contributed by atoms with E-state index >= 15 is 0 Å². The van der Waals surface area contributed by atoms with E-state index in [1.165, 1.54) is 13.1 Å². The Hall–Kier alpha value is -2.20.